The molecule has 1 rings (SSSR count). The molecule has 0 bridgehead atoms. The molecule has 0 radical (unpaired) electrons. The number of hydrogen-bond acceptors (Lipinski definition) is 3. The van der Waals surface area contributed by atoms with Gasteiger partial charge in [0.25, 0.3) is 0 Å². The van der Waals surface area contributed by atoms with Crippen LogP contribution in [0.4, 0.5) is 0 Å². The summed E-state index contributed by atoms with van der Waals surface area (Å²) in [6.45, 7) is 0.489. The van der Waals surface area contributed by atoms with Crippen LogP contribution in [0.1, 0.15) is 5.82 Å². The van der Waals surface area contributed by atoms with Crippen molar-refractivity contribution in [1.82, 2.24) is 14.9 Å². The van der Waals surface area contributed by atoms with Crippen LogP contribution in [0.5, 0.6) is 0 Å². The van der Waals surface area contributed by atoms with Crippen LogP contribution in [0.3, 0.4) is 0 Å². The molecule has 0 fully saturated rings. The van der Waals surface area contributed by atoms with Gasteiger partial charge in [0.1, 0.15) is 5.82 Å². The van der Waals surface area contributed by atoms with E-state index in [1.807, 2.05) is 0 Å². The lowest BCUT2D eigenvalue weighted by atomic mass is 10.5. The first-order valence-corrected chi connectivity index (χ1v) is 3.41. The van der Waals surface area contributed by atoms with Gasteiger partial charge in [-0.1, -0.05) is 5.16 Å². The summed E-state index contributed by atoms with van der Waals surface area (Å²) >= 11 is 0. The van der Waals surface area contributed by atoms with Crippen LogP contribution in [0.15, 0.2) is 17.5 Å². The van der Waals surface area contributed by atoms with Crippen molar-refractivity contribution < 1.29 is 5.21 Å². The second-order valence-electron chi connectivity index (χ2n) is 2.35. The predicted molar refractivity (Wildman–Crippen MR) is 43.5 cm³/mol. The van der Waals surface area contributed by atoms with Gasteiger partial charge in [-0.2, -0.15) is 0 Å². The molecule has 0 aliphatic carbocycles. The summed E-state index contributed by atoms with van der Waals surface area (Å²) in [5.74, 6) is 0.829. The van der Waals surface area contributed by atoms with Crippen LogP contribution in [-0.4, -0.2) is 33.1 Å². The highest BCUT2D eigenvalue weighted by atomic mass is 16.4. The number of nitrogens with zero attached hydrogens (tertiary/aromatic N) is 3. The number of nitrogens with one attached hydrogen (secondary N) is 1. The molecule has 0 aliphatic heterocycles. The summed E-state index contributed by atoms with van der Waals surface area (Å²) in [4.78, 5) is 8.45. The maximum absolute atomic E-state index is 8.32. The second kappa shape index (κ2) is 3.61. The Kier molecular flexibility index (Phi) is 2.52. The van der Waals surface area contributed by atoms with Gasteiger partial charge in [-0.3, -0.25) is 0 Å². The van der Waals surface area contributed by atoms with E-state index in [0.29, 0.717) is 6.54 Å². The molecule has 4 N–H and O–H groups in total. The minimum Gasteiger partial charge on any atom is -0.408 e. The van der Waals surface area contributed by atoms with E-state index in [4.69, 9.17) is 10.9 Å². The second-order valence-corrected chi connectivity index (χ2v) is 2.35. The van der Waals surface area contributed by atoms with E-state index in [0.717, 1.165) is 5.82 Å². The van der Waals surface area contributed by atoms with E-state index in [1.54, 1.807) is 24.3 Å². The van der Waals surface area contributed by atoms with Crippen molar-refractivity contribution in [3.05, 3.63) is 18.2 Å². The van der Waals surface area contributed by atoms with Crippen molar-refractivity contribution in [3.8, 4) is 0 Å². The molecule has 1 aromatic heterocycles. The van der Waals surface area contributed by atoms with Crippen LogP contribution in [0.2, 0.25) is 0 Å². The van der Waals surface area contributed by atoms with Crippen molar-refractivity contribution in [1.29, 1.82) is 0 Å². The summed E-state index contributed by atoms with van der Waals surface area (Å²) in [7, 11) is 1.71. The summed E-state index contributed by atoms with van der Waals surface area (Å²) in [5, 5.41) is 11.2. The summed E-state index contributed by atoms with van der Waals surface area (Å²) < 4.78 is 0. The molecule has 0 saturated heterocycles. The molecular weight excluding hydrogens is 158 g/mol. The van der Waals surface area contributed by atoms with Crippen molar-refractivity contribution in [2.75, 3.05) is 7.05 Å². The highest BCUT2D eigenvalue weighted by Crippen LogP contribution is 1.93. The number of oxime groups is 1. The van der Waals surface area contributed by atoms with E-state index in [2.05, 4.69) is 15.1 Å². The minimum atomic E-state index is 0.0615. The fraction of sp³-hybridized carbons (Fsp3) is 0.333. The SMILES string of the molecule is CN(Cc1ncc[nH]1)C(N)=NO. The molecule has 0 atom stereocenters. The molecule has 0 amide bonds. The van der Waals surface area contributed by atoms with Gasteiger partial charge in [-0.05, 0) is 0 Å². The molecule has 0 unspecified atom stereocenters. The predicted octanol–water partition coefficient (Wildman–Crippen LogP) is -0.455. The highest BCUT2D eigenvalue weighted by molar-refractivity contribution is 5.76. The molecule has 1 heterocycles. The number of rotatable bonds is 2. The van der Waals surface area contributed by atoms with Gasteiger partial charge >= 0.3 is 0 Å². The lowest BCUT2D eigenvalue weighted by molar-refractivity contribution is 0.303. The van der Waals surface area contributed by atoms with Gasteiger partial charge < -0.3 is 20.8 Å². The van der Waals surface area contributed by atoms with Crippen molar-refractivity contribution in [2.45, 2.75) is 6.54 Å². The fourth-order valence-electron chi connectivity index (χ4n) is 0.766. The van der Waals surface area contributed by atoms with Gasteiger partial charge in [0.05, 0.1) is 6.54 Å². The van der Waals surface area contributed by atoms with Gasteiger partial charge in [-0.15, -0.1) is 0 Å². The lowest BCUT2D eigenvalue weighted by Crippen LogP contribution is -2.33. The highest BCUT2D eigenvalue weighted by Gasteiger charge is 2.03. The van der Waals surface area contributed by atoms with Crippen LogP contribution in [0, 0.1) is 0 Å². The van der Waals surface area contributed by atoms with Crippen molar-refractivity contribution in [3.63, 3.8) is 0 Å². The Labute approximate surface area is 69.7 Å². The molecular formula is C6H11N5O. The van der Waals surface area contributed by atoms with Crippen molar-refractivity contribution in [2.24, 2.45) is 10.9 Å². The third-order valence-electron chi connectivity index (χ3n) is 1.44. The lowest BCUT2D eigenvalue weighted by Gasteiger charge is -2.14. The molecule has 1 aromatic rings. The molecule has 0 aliphatic rings. The zero-order valence-electron chi connectivity index (χ0n) is 6.73. The summed E-state index contributed by atoms with van der Waals surface area (Å²) in [6, 6.07) is 0. The topological polar surface area (TPSA) is 90.5 Å². The van der Waals surface area contributed by atoms with Crippen LogP contribution in [0.25, 0.3) is 0 Å². The Morgan fingerprint density at radius 2 is 2.67 bits per heavy atom. The van der Waals surface area contributed by atoms with E-state index in [-0.39, 0.29) is 5.96 Å². The molecule has 6 nitrogen and oxygen atoms in total. The van der Waals surface area contributed by atoms with Gasteiger partial charge in [0, 0.05) is 19.4 Å². The number of guanidine groups is 1. The number of aromatic nitrogens is 2. The van der Waals surface area contributed by atoms with Gasteiger partial charge in [0.2, 0.25) is 5.96 Å². The zero-order chi connectivity index (χ0) is 8.97. The maximum atomic E-state index is 8.32. The normalized spacial score (nSPS) is 11.6. The van der Waals surface area contributed by atoms with E-state index < -0.39 is 0 Å². The minimum absolute atomic E-state index is 0.0615. The Hall–Kier alpha value is -1.72. The first-order chi connectivity index (χ1) is 5.74. The molecule has 0 aromatic carbocycles. The Bertz CT molecular complexity index is 255. The first-order valence-electron chi connectivity index (χ1n) is 3.41. The van der Waals surface area contributed by atoms with Crippen LogP contribution in [-0.2, 0) is 6.54 Å². The zero-order valence-corrected chi connectivity index (χ0v) is 6.73. The maximum Gasteiger partial charge on any atom is 0.233 e. The van der Waals surface area contributed by atoms with Crippen LogP contribution >= 0.6 is 0 Å². The molecule has 0 spiro atoms. The summed E-state index contributed by atoms with van der Waals surface area (Å²) in [6.07, 6.45) is 3.37. The number of aromatic amines is 1. The Morgan fingerprint density at radius 1 is 1.92 bits per heavy atom. The van der Waals surface area contributed by atoms with E-state index in [9.17, 15) is 0 Å². The quantitative estimate of drug-likeness (QED) is 0.242. The third kappa shape index (κ3) is 1.88. The number of nitrogens with two attached hydrogens (primary N) is 1. The molecule has 0 saturated carbocycles. The van der Waals surface area contributed by atoms with Gasteiger partial charge in [0.15, 0.2) is 0 Å². The average molecular weight is 169 g/mol. The summed E-state index contributed by atoms with van der Waals surface area (Å²) in [5.41, 5.74) is 5.32. The van der Waals surface area contributed by atoms with E-state index >= 15 is 0 Å². The smallest absolute Gasteiger partial charge is 0.233 e. The van der Waals surface area contributed by atoms with Gasteiger partial charge in [-0.25, -0.2) is 4.98 Å². The van der Waals surface area contributed by atoms with E-state index in [1.165, 1.54) is 0 Å². The number of hydrogen-bond donors (Lipinski definition) is 3. The van der Waals surface area contributed by atoms with Crippen LogP contribution < -0.4 is 5.73 Å². The first kappa shape index (κ1) is 8.38. The monoisotopic (exact) mass is 169 g/mol. The molecule has 12 heavy (non-hydrogen) atoms. The van der Waals surface area contributed by atoms with Crippen molar-refractivity contribution >= 4 is 5.96 Å². The third-order valence-corrected chi connectivity index (χ3v) is 1.44. The molecule has 66 valence electrons. The standard InChI is InChI=1S/C6H11N5O/c1-11(6(7)10-12)4-5-8-2-3-9-5/h2-3,12H,4H2,1H3,(H2,7,10)(H,8,9). The average Bonchev–Trinajstić information content (AvgIpc) is 2.55. The molecule has 6 heteroatoms. The largest absolute Gasteiger partial charge is 0.408 e. The Morgan fingerprint density at radius 3 is 3.17 bits per heavy atom. The fourth-order valence-corrected chi connectivity index (χ4v) is 0.766. The Balaban J connectivity index is 2.53. The number of H-pyrrole nitrogens is 1. The number of imidazole rings is 1.